The van der Waals surface area contributed by atoms with E-state index in [1.54, 1.807) is 12.4 Å². The first-order chi connectivity index (χ1) is 13.7. The minimum Gasteiger partial charge on any atom is -0.477 e. The highest BCUT2D eigenvalue weighted by molar-refractivity contribution is 5.99. The van der Waals surface area contributed by atoms with Crippen LogP contribution in [0.25, 0.3) is 11.3 Å². The molecule has 0 radical (unpaired) electrons. The van der Waals surface area contributed by atoms with Gasteiger partial charge in [0.05, 0.1) is 12.7 Å². The van der Waals surface area contributed by atoms with Gasteiger partial charge >= 0.3 is 5.97 Å². The lowest BCUT2D eigenvalue weighted by Crippen LogP contribution is -2.37. The molecule has 7 nitrogen and oxygen atoms in total. The Morgan fingerprint density at radius 3 is 2.64 bits per heavy atom. The van der Waals surface area contributed by atoms with E-state index in [0.29, 0.717) is 31.1 Å². The van der Waals surface area contributed by atoms with E-state index >= 15 is 0 Å². The Labute approximate surface area is 162 Å². The zero-order valence-electron chi connectivity index (χ0n) is 15.3. The Kier molecular flexibility index (Phi) is 5.34. The van der Waals surface area contributed by atoms with Gasteiger partial charge in [0.25, 0.3) is 0 Å². The minimum atomic E-state index is -1.04. The van der Waals surface area contributed by atoms with Crippen molar-refractivity contribution < 1.29 is 19.2 Å². The largest absolute Gasteiger partial charge is 0.477 e. The SMILES string of the molecule is O=C(O)c1c(N2CCC(OCc3cccnc3)CC2)noc1-c1ccccc1. The van der Waals surface area contributed by atoms with Crippen LogP contribution in [0.1, 0.15) is 28.8 Å². The maximum Gasteiger partial charge on any atom is 0.343 e. The molecule has 0 amide bonds. The highest BCUT2D eigenvalue weighted by Crippen LogP contribution is 2.33. The topological polar surface area (TPSA) is 88.7 Å². The number of carbonyl (C=O) groups is 1. The fourth-order valence-electron chi connectivity index (χ4n) is 3.41. The van der Waals surface area contributed by atoms with Crippen LogP contribution in [0.4, 0.5) is 5.82 Å². The van der Waals surface area contributed by atoms with Crippen molar-refractivity contribution in [3.05, 3.63) is 66.0 Å². The molecule has 1 aliphatic heterocycles. The number of carboxylic acid groups (broad SMARTS) is 1. The molecule has 1 aromatic carbocycles. The monoisotopic (exact) mass is 379 g/mol. The first-order valence-electron chi connectivity index (χ1n) is 9.26. The number of pyridine rings is 1. The maximum atomic E-state index is 11.9. The average molecular weight is 379 g/mol. The molecule has 144 valence electrons. The van der Waals surface area contributed by atoms with Gasteiger partial charge in [-0.05, 0) is 24.5 Å². The molecule has 3 heterocycles. The molecule has 3 aromatic rings. The van der Waals surface area contributed by atoms with Crippen molar-refractivity contribution >= 4 is 11.8 Å². The molecule has 0 atom stereocenters. The summed E-state index contributed by atoms with van der Waals surface area (Å²) in [5.74, 6) is -0.361. The predicted molar refractivity (Wildman–Crippen MR) is 103 cm³/mol. The molecule has 0 bridgehead atoms. The van der Waals surface area contributed by atoms with Crippen LogP contribution < -0.4 is 4.90 Å². The van der Waals surface area contributed by atoms with Crippen LogP contribution in [-0.2, 0) is 11.3 Å². The molecule has 0 spiro atoms. The van der Waals surface area contributed by atoms with Crippen molar-refractivity contribution in [1.29, 1.82) is 0 Å². The lowest BCUT2D eigenvalue weighted by molar-refractivity contribution is 0.0248. The number of hydrogen-bond donors (Lipinski definition) is 1. The second-order valence-electron chi connectivity index (χ2n) is 6.74. The molecular weight excluding hydrogens is 358 g/mol. The quantitative estimate of drug-likeness (QED) is 0.700. The summed E-state index contributed by atoms with van der Waals surface area (Å²) in [5.41, 5.74) is 1.86. The first-order valence-corrected chi connectivity index (χ1v) is 9.26. The van der Waals surface area contributed by atoms with Crippen molar-refractivity contribution in [1.82, 2.24) is 10.1 Å². The molecule has 0 unspecified atom stereocenters. The van der Waals surface area contributed by atoms with E-state index < -0.39 is 5.97 Å². The highest BCUT2D eigenvalue weighted by atomic mass is 16.5. The first kappa shape index (κ1) is 18.2. The van der Waals surface area contributed by atoms with E-state index in [0.717, 1.165) is 18.4 Å². The third-order valence-electron chi connectivity index (χ3n) is 4.87. The van der Waals surface area contributed by atoms with Gasteiger partial charge in [0.1, 0.15) is 0 Å². The number of benzene rings is 1. The van der Waals surface area contributed by atoms with Crippen molar-refractivity contribution in [3.8, 4) is 11.3 Å². The normalized spacial score (nSPS) is 14.9. The number of ether oxygens (including phenoxy) is 1. The average Bonchev–Trinajstić information content (AvgIpc) is 3.20. The van der Waals surface area contributed by atoms with E-state index in [-0.39, 0.29) is 17.4 Å². The Balaban J connectivity index is 1.43. The number of piperidine rings is 1. The summed E-state index contributed by atoms with van der Waals surface area (Å²) >= 11 is 0. The van der Waals surface area contributed by atoms with Gasteiger partial charge in [-0.1, -0.05) is 41.6 Å². The third kappa shape index (κ3) is 3.89. The number of aromatic carboxylic acids is 1. The van der Waals surface area contributed by atoms with Gasteiger partial charge in [0, 0.05) is 31.0 Å². The lowest BCUT2D eigenvalue weighted by atomic mass is 10.1. The van der Waals surface area contributed by atoms with Crippen molar-refractivity contribution in [2.24, 2.45) is 0 Å². The summed E-state index contributed by atoms with van der Waals surface area (Å²) in [6, 6.07) is 13.1. The van der Waals surface area contributed by atoms with Crippen LogP contribution in [0.15, 0.2) is 59.4 Å². The minimum absolute atomic E-state index is 0.112. The highest BCUT2D eigenvalue weighted by Gasteiger charge is 2.30. The molecule has 2 aromatic heterocycles. The van der Waals surface area contributed by atoms with Crippen LogP contribution in [0.3, 0.4) is 0 Å². The maximum absolute atomic E-state index is 11.9. The van der Waals surface area contributed by atoms with Crippen LogP contribution in [-0.4, -0.2) is 40.4 Å². The van der Waals surface area contributed by atoms with Crippen molar-refractivity contribution in [2.75, 3.05) is 18.0 Å². The summed E-state index contributed by atoms with van der Waals surface area (Å²) in [4.78, 5) is 17.9. The molecule has 4 rings (SSSR count). The number of aromatic nitrogens is 2. The van der Waals surface area contributed by atoms with E-state index in [2.05, 4.69) is 10.1 Å². The molecule has 1 fully saturated rings. The Bertz CT molecular complexity index is 919. The van der Waals surface area contributed by atoms with Gasteiger partial charge in [-0.3, -0.25) is 4.98 Å². The fourth-order valence-corrected chi connectivity index (χ4v) is 3.41. The van der Waals surface area contributed by atoms with Gasteiger partial charge < -0.3 is 19.3 Å². The fraction of sp³-hybridized carbons (Fsp3) is 0.286. The van der Waals surface area contributed by atoms with Gasteiger partial charge in [-0.25, -0.2) is 4.79 Å². The summed E-state index contributed by atoms with van der Waals surface area (Å²) < 4.78 is 11.4. The number of rotatable bonds is 6. The van der Waals surface area contributed by atoms with Crippen LogP contribution in [0.2, 0.25) is 0 Å². The molecule has 28 heavy (non-hydrogen) atoms. The van der Waals surface area contributed by atoms with Crippen LogP contribution in [0, 0.1) is 0 Å². The smallest absolute Gasteiger partial charge is 0.343 e. The number of carboxylic acids is 1. The van der Waals surface area contributed by atoms with Crippen LogP contribution >= 0.6 is 0 Å². The molecule has 1 saturated heterocycles. The zero-order valence-corrected chi connectivity index (χ0v) is 15.3. The number of nitrogens with zero attached hydrogens (tertiary/aromatic N) is 3. The van der Waals surface area contributed by atoms with Crippen LogP contribution in [0.5, 0.6) is 0 Å². The number of hydrogen-bond acceptors (Lipinski definition) is 6. The molecular formula is C21H21N3O4. The summed E-state index contributed by atoms with van der Waals surface area (Å²) in [7, 11) is 0. The summed E-state index contributed by atoms with van der Waals surface area (Å²) in [5, 5.41) is 13.8. The van der Waals surface area contributed by atoms with Gasteiger partial charge in [-0.2, -0.15) is 0 Å². The lowest BCUT2D eigenvalue weighted by Gasteiger charge is -2.32. The second kappa shape index (κ2) is 8.22. The van der Waals surface area contributed by atoms with Gasteiger partial charge in [-0.15, -0.1) is 0 Å². The molecule has 1 N–H and O–H groups in total. The zero-order chi connectivity index (χ0) is 19.3. The van der Waals surface area contributed by atoms with Crippen molar-refractivity contribution in [2.45, 2.75) is 25.6 Å². The molecule has 0 saturated carbocycles. The molecule has 7 heteroatoms. The summed E-state index contributed by atoms with van der Waals surface area (Å²) in [6.45, 7) is 1.86. The van der Waals surface area contributed by atoms with E-state index in [9.17, 15) is 9.90 Å². The Morgan fingerprint density at radius 1 is 1.18 bits per heavy atom. The predicted octanol–water partition coefficient (Wildman–Crippen LogP) is 3.62. The molecule has 0 aliphatic carbocycles. The standard InChI is InChI=1S/C21H21N3O4/c25-21(26)18-19(16-6-2-1-3-7-16)28-23-20(18)24-11-8-17(9-12-24)27-14-15-5-4-10-22-13-15/h1-7,10,13,17H,8-9,11-12,14H2,(H,25,26). The van der Waals surface area contributed by atoms with E-state index in [1.165, 1.54) is 0 Å². The third-order valence-corrected chi connectivity index (χ3v) is 4.87. The molecule has 1 aliphatic rings. The summed E-state index contributed by atoms with van der Waals surface area (Å²) in [6.07, 6.45) is 5.27. The van der Waals surface area contributed by atoms with E-state index in [4.69, 9.17) is 9.26 Å². The Hall–Kier alpha value is -3.19. The van der Waals surface area contributed by atoms with Crippen molar-refractivity contribution in [3.63, 3.8) is 0 Å². The second-order valence-corrected chi connectivity index (χ2v) is 6.74. The number of anilines is 1. The Morgan fingerprint density at radius 2 is 1.96 bits per heavy atom. The van der Waals surface area contributed by atoms with Gasteiger partial charge in [0.15, 0.2) is 17.1 Å². The van der Waals surface area contributed by atoms with E-state index in [1.807, 2.05) is 47.4 Å². The van der Waals surface area contributed by atoms with Gasteiger partial charge in [0.2, 0.25) is 0 Å².